The number of nitrogens with one attached hydrogen (secondary N) is 1. The van der Waals surface area contributed by atoms with Gasteiger partial charge < -0.3 is 10.1 Å². The van der Waals surface area contributed by atoms with Gasteiger partial charge in [0.15, 0.2) is 6.61 Å². The number of hydrogen-bond donors (Lipinski definition) is 1. The summed E-state index contributed by atoms with van der Waals surface area (Å²) in [5.74, 6) is -0.468. The van der Waals surface area contributed by atoms with E-state index in [2.05, 4.69) is 19.2 Å². The Hall–Kier alpha value is -1.26. The molecular formula is C17H21Cl2NO3. The Morgan fingerprint density at radius 1 is 1.30 bits per heavy atom. The first-order chi connectivity index (χ1) is 10.7. The van der Waals surface area contributed by atoms with E-state index in [1.54, 1.807) is 6.92 Å². The summed E-state index contributed by atoms with van der Waals surface area (Å²) in [5, 5.41) is 2.69. The normalized spacial score (nSPS) is 23.0. The van der Waals surface area contributed by atoms with Crippen LogP contribution in [0, 0.1) is 5.41 Å². The van der Waals surface area contributed by atoms with E-state index in [9.17, 15) is 9.59 Å². The molecule has 0 heterocycles. The summed E-state index contributed by atoms with van der Waals surface area (Å²) in [6, 6.07) is 7.64. The predicted molar refractivity (Wildman–Crippen MR) is 91.9 cm³/mol. The van der Waals surface area contributed by atoms with E-state index in [4.69, 9.17) is 27.9 Å². The molecule has 2 atom stereocenters. The number of halogens is 2. The highest BCUT2D eigenvalue weighted by Gasteiger charge is 2.69. The first-order valence-electron chi connectivity index (χ1n) is 7.64. The molecule has 1 saturated carbocycles. The molecule has 0 saturated heterocycles. The third-order valence-electron chi connectivity index (χ3n) is 4.42. The Bertz CT molecular complexity index is 600. The quantitative estimate of drug-likeness (QED) is 0.610. The van der Waals surface area contributed by atoms with Crippen LogP contribution in [0.25, 0.3) is 0 Å². The van der Waals surface area contributed by atoms with Crippen LogP contribution < -0.4 is 5.32 Å². The van der Waals surface area contributed by atoms with Gasteiger partial charge in [-0.25, -0.2) is 0 Å². The minimum Gasteiger partial charge on any atom is -0.455 e. The van der Waals surface area contributed by atoms with Crippen LogP contribution >= 0.6 is 23.2 Å². The summed E-state index contributed by atoms with van der Waals surface area (Å²) in [6.45, 7) is 5.55. The molecule has 1 N–H and O–H groups in total. The lowest BCUT2D eigenvalue weighted by Crippen LogP contribution is -2.26. The minimum atomic E-state index is -1.09. The van der Waals surface area contributed by atoms with Gasteiger partial charge in [0.2, 0.25) is 0 Å². The molecule has 2 rings (SSSR count). The fraction of sp³-hybridized carbons (Fsp3) is 0.529. The van der Waals surface area contributed by atoms with Crippen molar-refractivity contribution in [3.8, 4) is 0 Å². The van der Waals surface area contributed by atoms with E-state index in [-0.39, 0.29) is 6.61 Å². The molecule has 1 aromatic rings. The molecule has 4 nitrogen and oxygen atoms in total. The van der Waals surface area contributed by atoms with E-state index < -0.39 is 21.6 Å². The van der Waals surface area contributed by atoms with Crippen molar-refractivity contribution >= 4 is 40.8 Å². The molecule has 0 bridgehead atoms. The molecule has 23 heavy (non-hydrogen) atoms. The predicted octanol–water partition coefficient (Wildman–Crippen LogP) is 4.27. The van der Waals surface area contributed by atoms with E-state index in [0.29, 0.717) is 18.0 Å². The van der Waals surface area contributed by atoms with E-state index in [1.165, 1.54) is 5.56 Å². The summed E-state index contributed by atoms with van der Waals surface area (Å²) in [4.78, 5) is 23.7. The minimum absolute atomic E-state index is 0.334. The summed E-state index contributed by atoms with van der Waals surface area (Å²) < 4.78 is 3.91. The lowest BCUT2D eigenvalue weighted by atomic mass is 9.99. The molecule has 1 amide bonds. The van der Waals surface area contributed by atoms with Crippen molar-refractivity contribution in [3.05, 3.63) is 29.8 Å². The van der Waals surface area contributed by atoms with Crippen LogP contribution in [0.1, 0.15) is 45.1 Å². The highest BCUT2D eigenvalue weighted by molar-refractivity contribution is 6.53. The lowest BCUT2D eigenvalue weighted by Gasteiger charge is -2.12. The average Bonchev–Trinajstić information content (AvgIpc) is 3.04. The van der Waals surface area contributed by atoms with Crippen molar-refractivity contribution in [2.45, 2.75) is 43.9 Å². The number of carbonyl (C=O) groups excluding carboxylic acids is 2. The summed E-state index contributed by atoms with van der Waals surface area (Å²) >= 11 is 11.8. The Morgan fingerprint density at radius 2 is 1.87 bits per heavy atom. The standard InChI is InChI=1S/C17H21Cl2NO3/c1-4-11(2)12-5-7-13(8-6-12)20-14(21)9-23-15(22)16(3)10-17(16,18)19/h5-8,11H,4,9-10H2,1-3H3,(H,20,21)/t11-,16-/m1/s1. The molecule has 0 radical (unpaired) electrons. The van der Waals surface area contributed by atoms with Gasteiger partial charge in [0.05, 0.1) is 0 Å². The number of rotatable bonds is 6. The number of carbonyl (C=O) groups is 2. The Balaban J connectivity index is 1.82. The van der Waals surface area contributed by atoms with Gasteiger partial charge in [-0.3, -0.25) is 9.59 Å². The van der Waals surface area contributed by atoms with Crippen LogP contribution in [-0.2, 0) is 14.3 Å². The summed E-state index contributed by atoms with van der Waals surface area (Å²) in [7, 11) is 0. The van der Waals surface area contributed by atoms with Crippen LogP contribution in [0.15, 0.2) is 24.3 Å². The summed E-state index contributed by atoms with van der Waals surface area (Å²) in [6.07, 6.45) is 1.39. The number of hydrogen-bond acceptors (Lipinski definition) is 3. The van der Waals surface area contributed by atoms with Crippen molar-refractivity contribution < 1.29 is 14.3 Å². The fourth-order valence-corrected chi connectivity index (χ4v) is 2.93. The number of amides is 1. The zero-order chi connectivity index (χ0) is 17.3. The van der Waals surface area contributed by atoms with E-state index in [0.717, 1.165) is 6.42 Å². The van der Waals surface area contributed by atoms with Gasteiger partial charge in [-0.1, -0.05) is 26.0 Å². The Morgan fingerprint density at radius 3 is 2.35 bits per heavy atom. The van der Waals surface area contributed by atoms with Gasteiger partial charge in [-0.15, -0.1) is 23.2 Å². The second kappa shape index (κ2) is 6.70. The molecule has 0 aromatic heterocycles. The van der Waals surface area contributed by atoms with Crippen LogP contribution in [0.3, 0.4) is 0 Å². The maximum Gasteiger partial charge on any atom is 0.315 e. The second-order valence-corrected chi connectivity index (χ2v) is 7.75. The maximum absolute atomic E-state index is 11.9. The number of benzene rings is 1. The highest BCUT2D eigenvalue weighted by atomic mass is 35.5. The molecule has 0 spiro atoms. The van der Waals surface area contributed by atoms with Gasteiger partial charge in [0.25, 0.3) is 5.91 Å². The molecule has 0 unspecified atom stereocenters. The Kier molecular flexibility index (Phi) is 5.27. The zero-order valence-corrected chi connectivity index (χ0v) is 15.0. The van der Waals surface area contributed by atoms with E-state index >= 15 is 0 Å². The smallest absolute Gasteiger partial charge is 0.315 e. The van der Waals surface area contributed by atoms with Gasteiger partial charge in [-0.2, -0.15) is 0 Å². The van der Waals surface area contributed by atoms with Crippen molar-refractivity contribution in [1.29, 1.82) is 0 Å². The van der Waals surface area contributed by atoms with Crippen molar-refractivity contribution in [1.82, 2.24) is 0 Å². The van der Waals surface area contributed by atoms with Crippen LogP contribution in [0.2, 0.25) is 0 Å². The maximum atomic E-state index is 11.9. The molecule has 1 aromatic carbocycles. The third-order valence-corrected chi connectivity index (χ3v) is 5.52. The molecule has 0 aliphatic heterocycles. The fourth-order valence-electron chi connectivity index (χ4n) is 2.24. The van der Waals surface area contributed by atoms with Gasteiger partial charge in [0.1, 0.15) is 9.75 Å². The first-order valence-corrected chi connectivity index (χ1v) is 8.40. The first kappa shape index (κ1) is 18.1. The number of esters is 1. The molecular weight excluding hydrogens is 337 g/mol. The Labute approximate surface area is 146 Å². The molecule has 1 aliphatic carbocycles. The SMILES string of the molecule is CC[C@@H](C)c1ccc(NC(=O)COC(=O)[C@@]2(C)CC2(Cl)Cl)cc1. The molecule has 6 heteroatoms. The van der Waals surface area contributed by atoms with Crippen LogP contribution in [0.5, 0.6) is 0 Å². The number of anilines is 1. The lowest BCUT2D eigenvalue weighted by molar-refractivity contribution is -0.152. The summed E-state index contributed by atoms with van der Waals surface area (Å²) in [5.41, 5.74) is 0.966. The number of alkyl halides is 2. The topological polar surface area (TPSA) is 55.4 Å². The zero-order valence-electron chi connectivity index (χ0n) is 13.5. The molecule has 1 fully saturated rings. The molecule has 1 aliphatic rings. The third kappa shape index (κ3) is 3.99. The monoisotopic (exact) mass is 357 g/mol. The van der Waals surface area contributed by atoms with Crippen LogP contribution in [0.4, 0.5) is 5.69 Å². The van der Waals surface area contributed by atoms with Crippen molar-refractivity contribution in [2.75, 3.05) is 11.9 Å². The van der Waals surface area contributed by atoms with Crippen molar-refractivity contribution in [3.63, 3.8) is 0 Å². The highest BCUT2D eigenvalue weighted by Crippen LogP contribution is 2.64. The van der Waals surface area contributed by atoms with Crippen molar-refractivity contribution in [2.24, 2.45) is 5.41 Å². The largest absolute Gasteiger partial charge is 0.455 e. The van der Waals surface area contributed by atoms with Gasteiger partial charge in [-0.05, 0) is 37.0 Å². The number of ether oxygens (including phenoxy) is 1. The van der Waals surface area contributed by atoms with Gasteiger partial charge in [0, 0.05) is 12.1 Å². The van der Waals surface area contributed by atoms with Crippen LogP contribution in [-0.4, -0.2) is 22.8 Å². The molecule has 126 valence electrons. The average molecular weight is 358 g/mol. The second-order valence-electron chi connectivity index (χ2n) is 6.27. The van der Waals surface area contributed by atoms with E-state index in [1.807, 2.05) is 24.3 Å². The van der Waals surface area contributed by atoms with Gasteiger partial charge >= 0.3 is 5.97 Å².